The number of ketones is 1. The van der Waals surface area contributed by atoms with E-state index in [2.05, 4.69) is 6.92 Å². The van der Waals surface area contributed by atoms with Gasteiger partial charge in [-0.3, -0.25) is 4.79 Å². The summed E-state index contributed by atoms with van der Waals surface area (Å²) in [6.45, 7) is 2.22. The molecule has 0 heterocycles. The molecule has 0 saturated heterocycles. The van der Waals surface area contributed by atoms with Crippen molar-refractivity contribution < 1.29 is 13.6 Å². The average Bonchev–Trinajstić information content (AvgIpc) is 2.50. The second-order valence-electron chi connectivity index (χ2n) is 5.91. The molecule has 0 aliphatic heterocycles. The molecule has 0 saturated carbocycles. The molecule has 0 N–H and O–H groups in total. The van der Waals surface area contributed by atoms with Crippen LogP contribution in [0.3, 0.4) is 0 Å². The van der Waals surface area contributed by atoms with E-state index in [1.54, 1.807) is 14.2 Å². The summed E-state index contributed by atoms with van der Waals surface area (Å²) >= 11 is 0. The normalized spacial score (nSPS) is 11.2. The average molecular weight is 317 g/mol. The number of hydrogen-bond donors (Lipinski definition) is 0. The van der Waals surface area contributed by atoms with Gasteiger partial charge in [0.25, 0.3) is 0 Å². The van der Waals surface area contributed by atoms with Crippen molar-refractivity contribution in [2.75, 3.05) is 14.2 Å². The number of Topliss-reactive ketones (excluding diaryl/α,β-unsaturated/α-hetero) is 1. The Labute approximate surface area is 133 Å². The standard InChI is InChI=1S/C17H36O3Si/c1-4-5-6-8-11-14-17(18)15-12-9-7-10-13-16-21(19-2)20-3/h21H,4-16H2,1-3H3. The molecule has 0 aromatic rings. The molecule has 0 amide bonds. The van der Waals surface area contributed by atoms with E-state index >= 15 is 0 Å². The van der Waals surface area contributed by atoms with Crippen molar-refractivity contribution in [1.29, 1.82) is 0 Å². The maximum Gasteiger partial charge on any atom is 0.320 e. The van der Waals surface area contributed by atoms with Crippen LogP contribution in [0.25, 0.3) is 0 Å². The number of carbonyl (C=O) groups excluding carboxylic acids is 1. The van der Waals surface area contributed by atoms with Gasteiger partial charge in [0.15, 0.2) is 0 Å². The molecule has 0 atom stereocenters. The first-order valence-corrected chi connectivity index (χ1v) is 10.6. The quantitative estimate of drug-likeness (QED) is 0.304. The highest BCUT2D eigenvalue weighted by molar-refractivity contribution is 6.44. The van der Waals surface area contributed by atoms with Crippen molar-refractivity contribution in [3.8, 4) is 0 Å². The molecule has 126 valence electrons. The molecule has 0 aliphatic carbocycles. The van der Waals surface area contributed by atoms with E-state index in [0.717, 1.165) is 31.7 Å². The van der Waals surface area contributed by atoms with Crippen LogP contribution in [-0.2, 0) is 13.6 Å². The Bertz CT molecular complexity index is 230. The van der Waals surface area contributed by atoms with Crippen LogP contribution in [0.1, 0.15) is 84.0 Å². The third kappa shape index (κ3) is 14.5. The maximum absolute atomic E-state index is 11.7. The topological polar surface area (TPSA) is 35.5 Å². The zero-order valence-corrected chi connectivity index (χ0v) is 15.6. The summed E-state index contributed by atoms with van der Waals surface area (Å²) in [7, 11) is 2.15. The van der Waals surface area contributed by atoms with Crippen molar-refractivity contribution in [2.24, 2.45) is 0 Å². The number of carbonyl (C=O) groups is 1. The molecule has 0 spiro atoms. The van der Waals surface area contributed by atoms with Crippen LogP contribution >= 0.6 is 0 Å². The van der Waals surface area contributed by atoms with E-state index in [9.17, 15) is 4.79 Å². The van der Waals surface area contributed by atoms with Crippen molar-refractivity contribution in [1.82, 2.24) is 0 Å². The van der Waals surface area contributed by atoms with Crippen molar-refractivity contribution >= 4 is 15.1 Å². The van der Waals surface area contributed by atoms with Gasteiger partial charge < -0.3 is 8.85 Å². The summed E-state index contributed by atoms with van der Waals surface area (Å²) in [6.07, 6.45) is 13.7. The highest BCUT2D eigenvalue weighted by atomic mass is 28.3. The summed E-state index contributed by atoms with van der Waals surface area (Å²) in [5.74, 6) is 0.470. The molecule has 0 radical (unpaired) electrons. The first-order valence-electron chi connectivity index (χ1n) is 8.81. The van der Waals surface area contributed by atoms with Crippen LogP contribution in [0.2, 0.25) is 6.04 Å². The highest BCUT2D eigenvalue weighted by Gasteiger charge is 2.08. The Morgan fingerprint density at radius 1 is 0.762 bits per heavy atom. The molecular formula is C17H36O3Si. The van der Waals surface area contributed by atoms with Crippen LogP contribution in [-0.4, -0.2) is 29.3 Å². The minimum Gasteiger partial charge on any atom is -0.400 e. The van der Waals surface area contributed by atoms with Gasteiger partial charge in [-0.2, -0.15) is 0 Å². The number of hydrogen-bond acceptors (Lipinski definition) is 3. The smallest absolute Gasteiger partial charge is 0.320 e. The Morgan fingerprint density at radius 2 is 1.24 bits per heavy atom. The summed E-state index contributed by atoms with van der Waals surface area (Å²) in [5.41, 5.74) is 0. The minimum atomic E-state index is -1.34. The zero-order chi connectivity index (χ0) is 15.8. The second-order valence-corrected chi connectivity index (χ2v) is 8.29. The van der Waals surface area contributed by atoms with Gasteiger partial charge in [0.2, 0.25) is 0 Å². The first-order chi connectivity index (χ1) is 10.2. The third-order valence-electron chi connectivity index (χ3n) is 3.98. The molecule has 3 nitrogen and oxygen atoms in total. The van der Waals surface area contributed by atoms with Crippen molar-refractivity contribution in [2.45, 2.75) is 90.0 Å². The summed E-state index contributed by atoms with van der Waals surface area (Å²) in [4.78, 5) is 11.7. The van der Waals surface area contributed by atoms with Gasteiger partial charge in [0, 0.05) is 27.1 Å². The van der Waals surface area contributed by atoms with E-state index in [1.807, 2.05) is 0 Å². The molecular weight excluding hydrogens is 280 g/mol. The lowest BCUT2D eigenvalue weighted by atomic mass is 10.0. The van der Waals surface area contributed by atoms with E-state index < -0.39 is 9.28 Å². The van der Waals surface area contributed by atoms with Gasteiger partial charge in [-0.1, -0.05) is 58.3 Å². The molecule has 0 aromatic heterocycles. The molecule has 0 fully saturated rings. The Hall–Kier alpha value is -0.193. The Balaban J connectivity index is 3.25. The lowest BCUT2D eigenvalue weighted by molar-refractivity contribution is -0.119. The molecule has 0 aliphatic rings. The molecule has 4 heteroatoms. The lowest BCUT2D eigenvalue weighted by Crippen LogP contribution is -2.18. The first kappa shape index (κ1) is 20.8. The van der Waals surface area contributed by atoms with Crippen LogP contribution in [0, 0.1) is 0 Å². The van der Waals surface area contributed by atoms with Gasteiger partial charge >= 0.3 is 9.28 Å². The van der Waals surface area contributed by atoms with E-state index in [1.165, 1.54) is 51.4 Å². The predicted octanol–water partition coefficient (Wildman–Crippen LogP) is 4.77. The third-order valence-corrected chi connectivity index (χ3v) is 5.91. The Kier molecular flexibility index (Phi) is 16.0. The van der Waals surface area contributed by atoms with E-state index in [0.29, 0.717) is 5.78 Å². The molecule has 0 aromatic carbocycles. The number of unbranched alkanes of at least 4 members (excludes halogenated alkanes) is 8. The summed E-state index contributed by atoms with van der Waals surface area (Å²) in [6, 6.07) is 1.10. The van der Waals surface area contributed by atoms with Gasteiger partial charge in [0.05, 0.1) is 0 Å². The van der Waals surface area contributed by atoms with Crippen LogP contribution in [0.4, 0.5) is 0 Å². The number of rotatable bonds is 16. The molecule has 21 heavy (non-hydrogen) atoms. The van der Waals surface area contributed by atoms with Gasteiger partial charge in [-0.25, -0.2) is 0 Å². The highest BCUT2D eigenvalue weighted by Crippen LogP contribution is 2.12. The monoisotopic (exact) mass is 316 g/mol. The largest absolute Gasteiger partial charge is 0.400 e. The predicted molar refractivity (Wildman–Crippen MR) is 92.1 cm³/mol. The van der Waals surface area contributed by atoms with E-state index in [-0.39, 0.29) is 0 Å². The molecule has 0 bridgehead atoms. The fraction of sp³-hybridized carbons (Fsp3) is 0.941. The summed E-state index contributed by atoms with van der Waals surface area (Å²) < 4.78 is 10.6. The van der Waals surface area contributed by atoms with Crippen molar-refractivity contribution in [3.05, 3.63) is 0 Å². The fourth-order valence-corrected chi connectivity index (χ4v) is 3.83. The SMILES string of the molecule is CCCCCCCC(=O)CCCCCCC[SiH](OC)OC. The Morgan fingerprint density at radius 3 is 1.76 bits per heavy atom. The second kappa shape index (κ2) is 16.2. The zero-order valence-electron chi connectivity index (χ0n) is 14.5. The van der Waals surface area contributed by atoms with Crippen molar-refractivity contribution in [3.63, 3.8) is 0 Å². The van der Waals surface area contributed by atoms with Crippen LogP contribution < -0.4 is 0 Å². The molecule has 0 rings (SSSR count). The lowest BCUT2D eigenvalue weighted by Gasteiger charge is -2.10. The minimum absolute atomic E-state index is 0.470. The van der Waals surface area contributed by atoms with Crippen LogP contribution in [0.15, 0.2) is 0 Å². The summed E-state index contributed by atoms with van der Waals surface area (Å²) in [5, 5.41) is 0. The van der Waals surface area contributed by atoms with E-state index in [4.69, 9.17) is 8.85 Å². The molecule has 0 unspecified atom stereocenters. The van der Waals surface area contributed by atoms with Gasteiger partial charge in [-0.05, 0) is 18.9 Å². The van der Waals surface area contributed by atoms with Gasteiger partial charge in [0.1, 0.15) is 5.78 Å². The van der Waals surface area contributed by atoms with Crippen LogP contribution in [0.5, 0.6) is 0 Å². The maximum atomic E-state index is 11.7. The van der Waals surface area contributed by atoms with Gasteiger partial charge in [-0.15, -0.1) is 0 Å². The fourth-order valence-electron chi connectivity index (χ4n) is 2.55.